The van der Waals surface area contributed by atoms with Gasteiger partial charge in [0.15, 0.2) is 0 Å². The summed E-state index contributed by atoms with van der Waals surface area (Å²) in [5, 5.41) is 2.76. The van der Waals surface area contributed by atoms with Gasteiger partial charge in [-0.2, -0.15) is 8.78 Å². The molecule has 2 aromatic heterocycles. The van der Waals surface area contributed by atoms with Crippen LogP contribution in [0.25, 0.3) is 5.65 Å². The van der Waals surface area contributed by atoms with Crippen LogP contribution in [0.1, 0.15) is 28.5 Å². The minimum absolute atomic E-state index is 0.0199. The lowest BCUT2D eigenvalue weighted by molar-refractivity contribution is -0.158. The fourth-order valence-electron chi connectivity index (χ4n) is 4.10. The zero-order valence-electron chi connectivity index (χ0n) is 18.0. The smallest absolute Gasteiger partial charge is 0.394 e. The minimum atomic E-state index is -3.30. The lowest BCUT2D eigenvalue weighted by Gasteiger charge is -2.20. The molecule has 1 N–H and O–H groups in total. The molecule has 0 saturated carbocycles. The first kappa shape index (κ1) is 20.9. The molecule has 2 aromatic carbocycles. The third kappa shape index (κ3) is 4.50. The van der Waals surface area contributed by atoms with Gasteiger partial charge in [0.1, 0.15) is 11.4 Å². The second-order valence-corrected chi connectivity index (χ2v) is 8.09. The highest BCUT2D eigenvalue weighted by atomic mass is 19.3. The summed E-state index contributed by atoms with van der Waals surface area (Å²) in [5.41, 5.74) is 5.03. The maximum atomic E-state index is 13.1. The van der Waals surface area contributed by atoms with Crippen LogP contribution in [0.4, 0.5) is 20.2 Å². The summed E-state index contributed by atoms with van der Waals surface area (Å²) in [6, 6.07) is 17.5. The number of nitrogens with zero attached hydrogens (tertiary/aromatic N) is 3. The number of alkyl halides is 2. The van der Waals surface area contributed by atoms with Crippen LogP contribution in [0.3, 0.4) is 0 Å². The number of carbonyl (C=O) groups excluding carboxylic acids is 1. The second kappa shape index (κ2) is 8.20. The lowest BCUT2D eigenvalue weighted by Crippen LogP contribution is -2.21. The molecule has 0 atom stereocenters. The van der Waals surface area contributed by atoms with Gasteiger partial charge < -0.3 is 19.4 Å². The summed E-state index contributed by atoms with van der Waals surface area (Å²) in [6.07, 6.45) is 1.47. The van der Waals surface area contributed by atoms with Crippen molar-refractivity contribution in [2.45, 2.75) is 26.0 Å². The quantitative estimate of drug-likeness (QED) is 0.444. The lowest BCUT2D eigenvalue weighted by atomic mass is 10.1. The van der Waals surface area contributed by atoms with Crippen LogP contribution in [-0.2, 0) is 13.0 Å². The molecular weight excluding hydrogens is 426 g/mol. The summed E-state index contributed by atoms with van der Waals surface area (Å²) in [4.78, 5) is 19.6. The number of ether oxygens (including phenoxy) is 1. The molecule has 3 heterocycles. The molecule has 1 aliphatic heterocycles. The van der Waals surface area contributed by atoms with Crippen molar-refractivity contribution in [3.63, 3.8) is 0 Å². The number of imidazole rings is 1. The maximum Gasteiger partial charge on any atom is 0.394 e. The Balaban J connectivity index is 1.34. The van der Waals surface area contributed by atoms with Crippen LogP contribution in [0.2, 0.25) is 0 Å². The highest BCUT2D eigenvalue weighted by Gasteiger charge is 2.24. The number of aromatic nitrogens is 2. The first-order valence-electron chi connectivity index (χ1n) is 10.6. The van der Waals surface area contributed by atoms with Gasteiger partial charge in [0.25, 0.3) is 5.91 Å². The molecule has 5 rings (SSSR count). The van der Waals surface area contributed by atoms with Gasteiger partial charge in [-0.15, -0.1) is 0 Å². The largest absolute Gasteiger partial charge is 0.433 e. The molecule has 0 aliphatic carbocycles. The van der Waals surface area contributed by atoms with Gasteiger partial charge in [-0.3, -0.25) is 4.79 Å². The van der Waals surface area contributed by atoms with E-state index in [1.54, 1.807) is 18.2 Å². The van der Waals surface area contributed by atoms with Crippen LogP contribution in [-0.4, -0.2) is 27.9 Å². The molecule has 0 radical (unpaired) electrons. The van der Waals surface area contributed by atoms with Gasteiger partial charge in [-0.25, -0.2) is 4.98 Å². The Labute approximate surface area is 189 Å². The molecule has 33 heavy (non-hydrogen) atoms. The van der Waals surface area contributed by atoms with Gasteiger partial charge in [-0.05, 0) is 48.4 Å². The van der Waals surface area contributed by atoms with Crippen molar-refractivity contribution < 1.29 is 18.3 Å². The molecule has 4 aromatic rings. The average molecular weight is 448 g/mol. The molecule has 1 aliphatic rings. The van der Waals surface area contributed by atoms with Crippen LogP contribution in [0.15, 0.2) is 73.1 Å². The average Bonchev–Trinajstić information content (AvgIpc) is 3.37. The van der Waals surface area contributed by atoms with Crippen molar-refractivity contribution in [1.82, 2.24) is 9.38 Å². The van der Waals surface area contributed by atoms with Crippen molar-refractivity contribution in [3.05, 3.63) is 89.9 Å². The number of amides is 1. The highest BCUT2D eigenvalue weighted by Crippen LogP contribution is 2.31. The molecule has 8 heteroatoms. The van der Waals surface area contributed by atoms with Crippen molar-refractivity contribution >= 4 is 22.9 Å². The van der Waals surface area contributed by atoms with Gasteiger partial charge in [-0.1, -0.05) is 18.2 Å². The van der Waals surface area contributed by atoms with Crippen LogP contribution >= 0.6 is 0 Å². The number of nitrogens with one attached hydrogen (secondary N) is 1. The van der Waals surface area contributed by atoms with Gasteiger partial charge in [0.05, 0.1) is 18.4 Å². The number of rotatable bonds is 6. The van der Waals surface area contributed by atoms with Gasteiger partial charge in [0.2, 0.25) is 0 Å². The van der Waals surface area contributed by atoms with E-state index >= 15 is 0 Å². The molecule has 168 valence electrons. The van der Waals surface area contributed by atoms with Crippen molar-refractivity contribution in [2.75, 3.05) is 16.8 Å². The van der Waals surface area contributed by atoms with E-state index in [-0.39, 0.29) is 11.7 Å². The second-order valence-electron chi connectivity index (χ2n) is 8.09. The van der Waals surface area contributed by atoms with E-state index in [2.05, 4.69) is 24.3 Å². The van der Waals surface area contributed by atoms with Crippen molar-refractivity contribution in [3.8, 4) is 5.75 Å². The zero-order chi connectivity index (χ0) is 23.0. The Hall–Kier alpha value is -3.94. The number of anilines is 2. The predicted molar refractivity (Wildman–Crippen MR) is 122 cm³/mol. The monoisotopic (exact) mass is 448 g/mol. The number of hydrogen-bond acceptors (Lipinski definition) is 4. The summed E-state index contributed by atoms with van der Waals surface area (Å²) in [6.45, 7) is 2.19. The van der Waals surface area contributed by atoms with E-state index in [0.717, 1.165) is 30.0 Å². The van der Waals surface area contributed by atoms with E-state index in [1.807, 2.05) is 42.7 Å². The molecule has 0 unspecified atom stereocenters. The third-order valence-corrected chi connectivity index (χ3v) is 5.57. The summed E-state index contributed by atoms with van der Waals surface area (Å²) < 4.78 is 32.9. The normalized spacial score (nSPS) is 13.2. The Kier molecular flexibility index (Phi) is 5.20. The molecule has 1 amide bonds. The number of carbonyl (C=O) groups is 1. The fourth-order valence-corrected chi connectivity index (χ4v) is 4.10. The number of hydrogen-bond donors (Lipinski definition) is 1. The Morgan fingerprint density at radius 2 is 2.03 bits per heavy atom. The van der Waals surface area contributed by atoms with Gasteiger partial charge in [0, 0.05) is 42.7 Å². The Bertz CT molecular complexity index is 1330. The molecule has 0 saturated heterocycles. The number of benzene rings is 2. The maximum absolute atomic E-state index is 13.1. The molecular formula is C25H22F2N4O2. The molecule has 0 bridgehead atoms. The summed E-state index contributed by atoms with van der Waals surface area (Å²) >= 11 is 0. The van der Waals surface area contributed by atoms with Crippen LogP contribution in [0, 0.1) is 0 Å². The first-order valence-corrected chi connectivity index (χ1v) is 10.6. The fraction of sp³-hybridized carbons (Fsp3) is 0.200. The van der Waals surface area contributed by atoms with E-state index in [4.69, 9.17) is 0 Å². The Morgan fingerprint density at radius 1 is 1.15 bits per heavy atom. The predicted octanol–water partition coefficient (Wildman–Crippen LogP) is 5.14. The summed E-state index contributed by atoms with van der Waals surface area (Å²) in [7, 11) is 0. The standard InChI is InChI=1S/C25H22F2N4O2/c1-25(26,27)33-21-6-4-5-19(14-21)29-24(32)18-9-8-17-10-12-30(22(17)13-18)16-20-15-28-23-7-2-3-11-31(20)23/h2-9,11,13-15H,10,12,16H2,1H3,(H,29,32). The number of pyridine rings is 1. The highest BCUT2D eigenvalue weighted by molar-refractivity contribution is 6.05. The van der Waals surface area contributed by atoms with Crippen LogP contribution in [0.5, 0.6) is 5.75 Å². The van der Waals surface area contributed by atoms with E-state index < -0.39 is 6.11 Å². The zero-order valence-corrected chi connectivity index (χ0v) is 18.0. The number of fused-ring (bicyclic) bond motifs is 2. The SMILES string of the molecule is CC(F)(F)Oc1cccc(NC(=O)c2ccc3c(c2)N(Cc2cnc4ccccn24)CC3)c1. The minimum Gasteiger partial charge on any atom is -0.433 e. The topological polar surface area (TPSA) is 58.9 Å². The third-order valence-electron chi connectivity index (χ3n) is 5.57. The summed E-state index contributed by atoms with van der Waals surface area (Å²) in [5.74, 6) is -0.340. The molecule has 0 fully saturated rings. The van der Waals surface area contributed by atoms with E-state index in [9.17, 15) is 13.6 Å². The van der Waals surface area contributed by atoms with E-state index in [1.165, 1.54) is 17.7 Å². The van der Waals surface area contributed by atoms with Gasteiger partial charge >= 0.3 is 6.11 Å². The van der Waals surface area contributed by atoms with Crippen molar-refractivity contribution in [1.29, 1.82) is 0 Å². The number of halogens is 2. The van der Waals surface area contributed by atoms with E-state index in [0.29, 0.717) is 24.7 Å². The van der Waals surface area contributed by atoms with Crippen LogP contribution < -0.4 is 15.0 Å². The Morgan fingerprint density at radius 3 is 2.88 bits per heavy atom. The first-order chi connectivity index (χ1) is 15.9. The molecule has 0 spiro atoms. The van der Waals surface area contributed by atoms with Crippen molar-refractivity contribution in [2.24, 2.45) is 0 Å². The molecule has 6 nitrogen and oxygen atoms in total.